The molecule has 19 heavy (non-hydrogen) atoms. The van der Waals surface area contributed by atoms with Crippen LogP contribution in [-0.4, -0.2) is 36.3 Å². The van der Waals surface area contributed by atoms with Gasteiger partial charge in [0.05, 0.1) is 19.1 Å². The molecule has 0 aliphatic carbocycles. The van der Waals surface area contributed by atoms with Gasteiger partial charge in [-0.25, -0.2) is 4.98 Å². The second kappa shape index (κ2) is 7.67. The van der Waals surface area contributed by atoms with E-state index in [0.717, 1.165) is 0 Å². The van der Waals surface area contributed by atoms with E-state index >= 15 is 0 Å². The summed E-state index contributed by atoms with van der Waals surface area (Å²) >= 11 is 0.201. The maximum atomic E-state index is 12.3. The molecule has 8 heteroatoms. The summed E-state index contributed by atoms with van der Waals surface area (Å²) < 4.78 is 29.0. The lowest BCUT2D eigenvalue weighted by Gasteiger charge is -2.08. The smallest absolute Gasteiger partial charge is 0.307 e. The van der Waals surface area contributed by atoms with Gasteiger partial charge in [-0.15, -0.1) is 0 Å². The molecule has 0 aromatic carbocycles. The average molecular weight is 290 g/mol. The molecular weight excluding hydrogens is 278 g/mol. The summed E-state index contributed by atoms with van der Waals surface area (Å²) in [5, 5.41) is 2.39. The van der Waals surface area contributed by atoms with Crippen molar-refractivity contribution in [3.8, 4) is 0 Å². The number of ether oxygens (including phenoxy) is 1. The summed E-state index contributed by atoms with van der Waals surface area (Å²) in [6.07, 6.45) is 1.34. The maximum absolute atomic E-state index is 12.3. The molecule has 1 rings (SSSR count). The zero-order valence-corrected chi connectivity index (χ0v) is 10.9. The van der Waals surface area contributed by atoms with E-state index in [9.17, 15) is 18.4 Å². The number of pyridine rings is 1. The van der Waals surface area contributed by atoms with E-state index < -0.39 is 17.6 Å². The third-order valence-corrected chi connectivity index (χ3v) is 2.79. The maximum Gasteiger partial charge on any atom is 0.307 e. The topological polar surface area (TPSA) is 68.3 Å². The molecule has 1 heterocycles. The van der Waals surface area contributed by atoms with Crippen molar-refractivity contribution in [3.63, 3.8) is 0 Å². The molecule has 1 aromatic heterocycles. The van der Waals surface area contributed by atoms with Crippen molar-refractivity contribution in [2.24, 2.45) is 0 Å². The Kier molecular flexibility index (Phi) is 6.20. The standard InChI is InChI=1S/C11H12F2N2O3S/c1-18-8(16)4-6-14-9(17)7-3-2-5-15-10(7)19-11(12)13/h2-3,5,11H,4,6H2,1H3,(H,14,17). The van der Waals surface area contributed by atoms with Crippen LogP contribution in [0.3, 0.4) is 0 Å². The van der Waals surface area contributed by atoms with Crippen molar-refractivity contribution in [3.05, 3.63) is 23.9 Å². The van der Waals surface area contributed by atoms with Crippen LogP contribution in [0, 0.1) is 0 Å². The first kappa shape index (κ1) is 15.4. The SMILES string of the molecule is COC(=O)CCNC(=O)c1cccnc1SC(F)F. The van der Waals surface area contributed by atoms with Gasteiger partial charge in [0.2, 0.25) is 0 Å². The van der Waals surface area contributed by atoms with E-state index in [0.29, 0.717) is 0 Å². The number of carbonyl (C=O) groups excluding carboxylic acids is 2. The fourth-order valence-electron chi connectivity index (χ4n) is 1.22. The second-order valence-electron chi connectivity index (χ2n) is 3.32. The van der Waals surface area contributed by atoms with Crippen LogP contribution in [-0.2, 0) is 9.53 Å². The van der Waals surface area contributed by atoms with Crippen LogP contribution in [0.4, 0.5) is 8.78 Å². The molecule has 0 unspecified atom stereocenters. The molecule has 0 atom stereocenters. The van der Waals surface area contributed by atoms with Crippen molar-refractivity contribution in [2.45, 2.75) is 17.2 Å². The van der Waals surface area contributed by atoms with Crippen LogP contribution in [0.2, 0.25) is 0 Å². The summed E-state index contributed by atoms with van der Waals surface area (Å²) in [6.45, 7) is 0.0686. The Bertz CT molecular complexity index is 457. The van der Waals surface area contributed by atoms with Gasteiger partial charge in [-0.2, -0.15) is 8.78 Å². The van der Waals surface area contributed by atoms with Gasteiger partial charge >= 0.3 is 5.97 Å². The van der Waals surface area contributed by atoms with Crippen molar-refractivity contribution >= 4 is 23.6 Å². The number of thioether (sulfide) groups is 1. The average Bonchev–Trinajstić information content (AvgIpc) is 2.38. The minimum absolute atomic E-state index is 0.0137. The van der Waals surface area contributed by atoms with Crippen molar-refractivity contribution in [1.29, 1.82) is 0 Å². The van der Waals surface area contributed by atoms with Gasteiger partial charge < -0.3 is 10.1 Å². The third-order valence-electron chi connectivity index (χ3n) is 2.06. The van der Waals surface area contributed by atoms with Gasteiger partial charge in [0.15, 0.2) is 0 Å². The van der Waals surface area contributed by atoms with Crippen LogP contribution in [0.15, 0.2) is 23.4 Å². The molecule has 0 aliphatic heterocycles. The number of amides is 1. The molecule has 104 valence electrons. The minimum atomic E-state index is -2.66. The zero-order chi connectivity index (χ0) is 14.3. The van der Waals surface area contributed by atoms with Crippen LogP contribution in [0.5, 0.6) is 0 Å². The Hall–Kier alpha value is -1.70. The van der Waals surface area contributed by atoms with E-state index in [1.165, 1.54) is 25.4 Å². The Morgan fingerprint density at radius 2 is 2.26 bits per heavy atom. The molecule has 1 N–H and O–H groups in total. The fourth-order valence-corrected chi connectivity index (χ4v) is 1.80. The summed E-state index contributed by atoms with van der Waals surface area (Å²) in [7, 11) is 1.24. The number of hydrogen-bond acceptors (Lipinski definition) is 5. The first-order valence-corrected chi connectivity index (χ1v) is 6.17. The summed E-state index contributed by atoms with van der Waals surface area (Å²) in [5.74, 6) is -3.68. The second-order valence-corrected chi connectivity index (χ2v) is 4.30. The molecule has 0 bridgehead atoms. The number of nitrogens with zero attached hydrogens (tertiary/aromatic N) is 1. The van der Waals surface area contributed by atoms with E-state index in [1.807, 2.05) is 0 Å². The lowest BCUT2D eigenvalue weighted by molar-refractivity contribution is -0.140. The van der Waals surface area contributed by atoms with Gasteiger partial charge in [-0.3, -0.25) is 9.59 Å². The normalized spacial score (nSPS) is 10.3. The number of aromatic nitrogens is 1. The quantitative estimate of drug-likeness (QED) is 0.638. The molecule has 0 saturated heterocycles. The van der Waals surface area contributed by atoms with Gasteiger partial charge in [0, 0.05) is 12.7 Å². The van der Waals surface area contributed by atoms with Gasteiger partial charge in [0.25, 0.3) is 11.7 Å². The number of alkyl halides is 2. The number of carbonyl (C=O) groups is 2. The highest BCUT2D eigenvalue weighted by Gasteiger charge is 2.16. The van der Waals surface area contributed by atoms with E-state index in [2.05, 4.69) is 15.0 Å². The third kappa shape index (κ3) is 5.21. The number of nitrogens with one attached hydrogen (secondary N) is 1. The van der Waals surface area contributed by atoms with E-state index in [4.69, 9.17) is 0 Å². The van der Waals surface area contributed by atoms with Gasteiger partial charge in [-0.1, -0.05) is 0 Å². The van der Waals surface area contributed by atoms with Crippen molar-refractivity contribution in [2.75, 3.05) is 13.7 Å². The minimum Gasteiger partial charge on any atom is -0.469 e. The van der Waals surface area contributed by atoms with Crippen LogP contribution in [0.1, 0.15) is 16.8 Å². The first-order chi connectivity index (χ1) is 9.04. The number of methoxy groups -OCH3 is 1. The number of rotatable bonds is 6. The van der Waals surface area contributed by atoms with E-state index in [1.54, 1.807) is 0 Å². The molecular formula is C11H12F2N2O3S. The molecule has 0 fully saturated rings. The van der Waals surface area contributed by atoms with Gasteiger partial charge in [-0.05, 0) is 23.9 Å². The summed E-state index contributed by atoms with van der Waals surface area (Å²) in [5.41, 5.74) is 0.0534. The molecule has 5 nitrogen and oxygen atoms in total. The van der Waals surface area contributed by atoms with E-state index in [-0.39, 0.29) is 35.3 Å². The molecule has 0 aliphatic rings. The summed E-state index contributed by atoms with van der Waals surface area (Å²) in [4.78, 5) is 26.3. The Morgan fingerprint density at radius 3 is 2.89 bits per heavy atom. The predicted octanol–water partition coefficient (Wildman–Crippen LogP) is 1.69. The number of hydrogen-bond donors (Lipinski definition) is 1. The highest BCUT2D eigenvalue weighted by molar-refractivity contribution is 7.99. The van der Waals surface area contributed by atoms with Crippen molar-refractivity contribution in [1.82, 2.24) is 10.3 Å². The highest BCUT2D eigenvalue weighted by atomic mass is 32.2. The van der Waals surface area contributed by atoms with Crippen molar-refractivity contribution < 1.29 is 23.1 Å². The zero-order valence-electron chi connectivity index (χ0n) is 10.1. The molecule has 1 aromatic rings. The number of esters is 1. The Morgan fingerprint density at radius 1 is 1.53 bits per heavy atom. The largest absolute Gasteiger partial charge is 0.469 e. The molecule has 0 saturated carbocycles. The molecule has 0 spiro atoms. The fraction of sp³-hybridized carbons (Fsp3) is 0.364. The Labute approximate surface area is 112 Å². The highest BCUT2D eigenvalue weighted by Crippen LogP contribution is 2.26. The summed E-state index contributed by atoms with van der Waals surface area (Å²) in [6, 6.07) is 2.87. The lowest BCUT2D eigenvalue weighted by atomic mass is 10.2. The first-order valence-electron chi connectivity index (χ1n) is 5.29. The monoisotopic (exact) mass is 290 g/mol. The number of halogens is 2. The Balaban J connectivity index is 2.63. The molecule has 0 radical (unpaired) electrons. The van der Waals surface area contributed by atoms with Gasteiger partial charge in [0.1, 0.15) is 5.03 Å². The van der Waals surface area contributed by atoms with Crippen LogP contribution >= 0.6 is 11.8 Å². The van der Waals surface area contributed by atoms with Crippen LogP contribution in [0.25, 0.3) is 0 Å². The molecule has 1 amide bonds. The lowest BCUT2D eigenvalue weighted by Crippen LogP contribution is -2.27. The van der Waals surface area contributed by atoms with Crippen LogP contribution < -0.4 is 5.32 Å². The predicted molar refractivity (Wildman–Crippen MR) is 65.1 cm³/mol.